The van der Waals surface area contributed by atoms with Gasteiger partial charge >= 0.3 is 0 Å². The lowest BCUT2D eigenvalue weighted by Gasteiger charge is -2.22. The van der Waals surface area contributed by atoms with E-state index in [-0.39, 0.29) is 5.91 Å². The quantitative estimate of drug-likeness (QED) is 0.469. The van der Waals surface area contributed by atoms with Crippen molar-refractivity contribution in [2.75, 3.05) is 0 Å². The first-order valence-corrected chi connectivity index (χ1v) is 10.1. The normalized spacial score (nSPS) is 10.7. The Balaban J connectivity index is 1.65. The number of thiazole rings is 1. The van der Waals surface area contributed by atoms with Crippen LogP contribution in [0.3, 0.4) is 0 Å². The number of aryl methyl sites for hydroxylation is 1. The average Bonchev–Trinajstić information content (AvgIpc) is 3.16. The second kappa shape index (κ2) is 8.75. The number of aromatic nitrogens is 3. The van der Waals surface area contributed by atoms with E-state index >= 15 is 0 Å². The van der Waals surface area contributed by atoms with E-state index in [9.17, 15) is 4.79 Å². The first-order chi connectivity index (χ1) is 14.2. The third-order valence-corrected chi connectivity index (χ3v) is 5.71. The molecule has 0 N–H and O–H groups in total. The van der Waals surface area contributed by atoms with E-state index in [4.69, 9.17) is 0 Å². The van der Waals surface area contributed by atoms with Crippen LogP contribution < -0.4 is 0 Å². The molecule has 144 valence electrons. The molecule has 0 saturated heterocycles. The molecular formula is C23H20N4OS. The maximum atomic E-state index is 13.5. The highest BCUT2D eigenvalue weighted by molar-refractivity contribution is 7.17. The van der Waals surface area contributed by atoms with E-state index in [0.717, 1.165) is 27.4 Å². The van der Waals surface area contributed by atoms with E-state index in [1.807, 2.05) is 66.4 Å². The molecule has 0 aliphatic heterocycles. The van der Waals surface area contributed by atoms with Crippen molar-refractivity contribution in [2.24, 2.45) is 0 Å². The number of hydrogen-bond donors (Lipinski definition) is 0. The second-order valence-electron chi connectivity index (χ2n) is 6.68. The maximum absolute atomic E-state index is 13.5. The van der Waals surface area contributed by atoms with Crippen LogP contribution in [-0.2, 0) is 13.1 Å². The van der Waals surface area contributed by atoms with E-state index in [1.165, 1.54) is 11.3 Å². The van der Waals surface area contributed by atoms with Gasteiger partial charge in [0.15, 0.2) is 0 Å². The highest BCUT2D eigenvalue weighted by Gasteiger charge is 2.22. The molecule has 1 aromatic carbocycles. The average molecular weight is 401 g/mol. The van der Waals surface area contributed by atoms with E-state index in [2.05, 4.69) is 15.0 Å². The monoisotopic (exact) mass is 400 g/mol. The van der Waals surface area contributed by atoms with Crippen LogP contribution >= 0.6 is 11.3 Å². The molecule has 0 bridgehead atoms. The molecule has 29 heavy (non-hydrogen) atoms. The number of nitrogens with zero attached hydrogens (tertiary/aromatic N) is 4. The molecule has 0 unspecified atom stereocenters. The van der Waals surface area contributed by atoms with Gasteiger partial charge in [0.2, 0.25) is 0 Å². The zero-order valence-electron chi connectivity index (χ0n) is 16.0. The van der Waals surface area contributed by atoms with Gasteiger partial charge in [-0.1, -0.05) is 36.4 Å². The molecule has 3 heterocycles. The van der Waals surface area contributed by atoms with Crippen molar-refractivity contribution in [3.63, 3.8) is 0 Å². The van der Waals surface area contributed by atoms with Gasteiger partial charge in [-0.15, -0.1) is 11.3 Å². The van der Waals surface area contributed by atoms with Crippen molar-refractivity contribution in [3.8, 4) is 10.6 Å². The molecule has 5 nitrogen and oxygen atoms in total. The van der Waals surface area contributed by atoms with Gasteiger partial charge in [0, 0.05) is 43.4 Å². The van der Waals surface area contributed by atoms with Crippen LogP contribution in [0.15, 0.2) is 79.4 Å². The Hall–Kier alpha value is -3.38. The Morgan fingerprint density at radius 2 is 1.66 bits per heavy atom. The summed E-state index contributed by atoms with van der Waals surface area (Å²) in [4.78, 5) is 28.9. The largest absolute Gasteiger partial charge is 0.329 e. The lowest BCUT2D eigenvalue weighted by Crippen LogP contribution is -2.30. The predicted octanol–water partition coefficient (Wildman–Crippen LogP) is 4.75. The number of carbonyl (C=O) groups is 1. The molecule has 0 saturated carbocycles. The van der Waals surface area contributed by atoms with Gasteiger partial charge in [-0.2, -0.15) is 0 Å². The minimum absolute atomic E-state index is 0.0251. The van der Waals surface area contributed by atoms with Gasteiger partial charge in [0.25, 0.3) is 5.91 Å². The minimum Gasteiger partial charge on any atom is -0.329 e. The van der Waals surface area contributed by atoms with E-state index in [0.29, 0.717) is 18.0 Å². The second-order valence-corrected chi connectivity index (χ2v) is 7.68. The zero-order valence-corrected chi connectivity index (χ0v) is 16.8. The third-order valence-electron chi connectivity index (χ3n) is 4.52. The molecule has 6 heteroatoms. The molecular weight excluding hydrogens is 380 g/mol. The highest BCUT2D eigenvalue weighted by Crippen LogP contribution is 2.29. The van der Waals surface area contributed by atoms with E-state index < -0.39 is 0 Å². The number of amides is 1. The molecule has 0 spiro atoms. The number of carbonyl (C=O) groups excluding carboxylic acids is 1. The summed E-state index contributed by atoms with van der Waals surface area (Å²) in [6.07, 6.45) is 7.01. The van der Waals surface area contributed by atoms with Crippen LogP contribution in [0, 0.1) is 6.92 Å². The summed E-state index contributed by atoms with van der Waals surface area (Å²) < 4.78 is 0. The summed E-state index contributed by atoms with van der Waals surface area (Å²) in [7, 11) is 0. The Morgan fingerprint density at radius 3 is 2.38 bits per heavy atom. The van der Waals surface area contributed by atoms with Crippen LogP contribution in [0.4, 0.5) is 0 Å². The Morgan fingerprint density at radius 1 is 0.897 bits per heavy atom. The standard InChI is InChI=1S/C23H20N4OS/c1-17-21(29-22(26-17)20-7-3-2-4-8-20)23(28)27(15-18-9-12-24-13-10-18)16-19-6-5-11-25-14-19/h2-14H,15-16H2,1H3. The van der Waals surface area contributed by atoms with E-state index in [1.54, 1.807) is 24.8 Å². The predicted molar refractivity (Wildman–Crippen MR) is 114 cm³/mol. The van der Waals surface area contributed by atoms with Crippen molar-refractivity contribution in [2.45, 2.75) is 20.0 Å². The first kappa shape index (κ1) is 19.0. The topological polar surface area (TPSA) is 59.0 Å². The molecule has 0 radical (unpaired) electrons. The van der Waals surface area contributed by atoms with Crippen molar-refractivity contribution in [3.05, 3.63) is 101 Å². The van der Waals surface area contributed by atoms with Gasteiger partial charge in [-0.25, -0.2) is 4.98 Å². The summed E-state index contributed by atoms with van der Waals surface area (Å²) in [5.74, 6) is -0.0251. The molecule has 4 aromatic rings. The minimum atomic E-state index is -0.0251. The first-order valence-electron chi connectivity index (χ1n) is 9.30. The summed E-state index contributed by atoms with van der Waals surface area (Å²) in [5.41, 5.74) is 3.79. The van der Waals surface area contributed by atoms with Crippen LogP contribution in [0.5, 0.6) is 0 Å². The lowest BCUT2D eigenvalue weighted by atomic mass is 10.2. The third kappa shape index (κ3) is 4.55. The number of hydrogen-bond acceptors (Lipinski definition) is 5. The van der Waals surface area contributed by atoms with Gasteiger partial charge in [-0.3, -0.25) is 14.8 Å². The van der Waals surface area contributed by atoms with Gasteiger partial charge in [0.05, 0.1) is 5.69 Å². The summed E-state index contributed by atoms with van der Waals surface area (Å²) in [6, 6.07) is 17.7. The fourth-order valence-electron chi connectivity index (χ4n) is 3.06. The molecule has 1 amide bonds. The van der Waals surface area contributed by atoms with Crippen LogP contribution in [0.2, 0.25) is 0 Å². The maximum Gasteiger partial charge on any atom is 0.266 e. The molecule has 0 aliphatic rings. The number of rotatable bonds is 6. The molecule has 0 fully saturated rings. The van der Waals surface area contributed by atoms with Crippen molar-refractivity contribution in [1.82, 2.24) is 19.9 Å². The summed E-state index contributed by atoms with van der Waals surface area (Å²) in [6.45, 7) is 2.87. The molecule has 4 rings (SSSR count). The molecule has 0 aliphatic carbocycles. The van der Waals surface area contributed by atoms with Crippen LogP contribution in [0.1, 0.15) is 26.5 Å². The SMILES string of the molecule is Cc1nc(-c2ccccc2)sc1C(=O)N(Cc1ccncc1)Cc1cccnc1. The number of pyridine rings is 2. The summed E-state index contributed by atoms with van der Waals surface area (Å²) in [5, 5.41) is 0.858. The smallest absolute Gasteiger partial charge is 0.266 e. The molecule has 0 atom stereocenters. The van der Waals surface area contributed by atoms with Crippen molar-refractivity contribution >= 4 is 17.2 Å². The fourth-order valence-corrected chi connectivity index (χ4v) is 4.10. The molecule has 3 aromatic heterocycles. The van der Waals surface area contributed by atoms with Gasteiger partial charge < -0.3 is 4.90 Å². The van der Waals surface area contributed by atoms with Gasteiger partial charge in [-0.05, 0) is 36.2 Å². The fraction of sp³-hybridized carbons (Fsp3) is 0.130. The summed E-state index contributed by atoms with van der Waals surface area (Å²) >= 11 is 1.44. The zero-order chi connectivity index (χ0) is 20.1. The van der Waals surface area contributed by atoms with Crippen molar-refractivity contribution < 1.29 is 4.79 Å². The lowest BCUT2D eigenvalue weighted by molar-refractivity contribution is 0.0734. The van der Waals surface area contributed by atoms with Gasteiger partial charge in [0.1, 0.15) is 9.88 Å². The van der Waals surface area contributed by atoms with Crippen LogP contribution in [-0.4, -0.2) is 25.8 Å². The Bertz CT molecular complexity index is 1040. The Labute approximate surface area is 173 Å². The van der Waals surface area contributed by atoms with Crippen molar-refractivity contribution in [1.29, 1.82) is 0 Å². The van der Waals surface area contributed by atoms with Crippen LogP contribution in [0.25, 0.3) is 10.6 Å². The Kier molecular flexibility index (Phi) is 5.72. The number of benzene rings is 1. The highest BCUT2D eigenvalue weighted by atomic mass is 32.1.